The maximum atomic E-state index is 15.6. The summed E-state index contributed by atoms with van der Waals surface area (Å²) in [6, 6.07) is -0.110. The number of hydrogen-bond acceptors (Lipinski definition) is 6. The van der Waals surface area contributed by atoms with E-state index in [0.29, 0.717) is 12.8 Å². The van der Waals surface area contributed by atoms with Crippen LogP contribution in [0.1, 0.15) is 41.2 Å². The molecular formula is C21H22F4N4O4. The highest BCUT2D eigenvalue weighted by Gasteiger charge is 2.50. The number of aryl methyl sites for hydroxylation is 1. The van der Waals surface area contributed by atoms with Crippen molar-refractivity contribution in [1.82, 2.24) is 9.88 Å². The summed E-state index contributed by atoms with van der Waals surface area (Å²) in [6.45, 7) is 1.45. The van der Waals surface area contributed by atoms with Crippen LogP contribution in [0.25, 0.3) is 10.9 Å². The van der Waals surface area contributed by atoms with Crippen LogP contribution in [0.15, 0.2) is 11.0 Å². The van der Waals surface area contributed by atoms with E-state index in [1.165, 1.54) is 25.1 Å². The number of nitrogen functional groups attached to an aromatic ring is 1. The molecule has 1 aliphatic heterocycles. The van der Waals surface area contributed by atoms with Crippen molar-refractivity contribution in [3.05, 3.63) is 33.4 Å². The highest BCUT2D eigenvalue weighted by molar-refractivity contribution is 6.01. The van der Waals surface area contributed by atoms with E-state index in [4.69, 9.17) is 5.73 Å². The lowest BCUT2D eigenvalue weighted by atomic mass is 9.99. The maximum Gasteiger partial charge on any atom is 0.450 e. The fraction of sp³-hybridized carbons (Fsp3) is 0.476. The maximum absolute atomic E-state index is 15.6. The Labute approximate surface area is 185 Å². The number of benzene rings is 1. The number of hydrogen-bond donors (Lipinski definition) is 3. The Balaban J connectivity index is 1.96. The number of carbonyl (C=O) groups excluding carboxylic acids is 1. The first kappa shape index (κ1) is 23.0. The molecule has 2 aliphatic rings. The van der Waals surface area contributed by atoms with Gasteiger partial charge in [0.25, 0.3) is 0 Å². The number of pyridine rings is 1. The molecule has 1 saturated carbocycles. The molecule has 0 amide bonds. The second-order valence-corrected chi connectivity index (χ2v) is 8.42. The number of aromatic nitrogens is 1. The Kier molecular flexibility index (Phi) is 5.38. The van der Waals surface area contributed by atoms with Gasteiger partial charge in [0.15, 0.2) is 5.82 Å². The lowest BCUT2D eigenvalue weighted by molar-refractivity contribution is -0.176. The van der Waals surface area contributed by atoms with Gasteiger partial charge in [-0.2, -0.15) is 13.2 Å². The molecule has 2 atom stereocenters. The number of carboxylic acids is 1. The summed E-state index contributed by atoms with van der Waals surface area (Å²) in [5.74, 6) is -5.87. The standard InChI is InChI=1S/C21H22F4N4O4/c1-8-15-12(17(30)11(20(32)33)7-29(15)9-3-4-9)14(26)13(22)16(8)28-6-5-10(19(28)27-2)18(31)21(23,24)25/h7,9-10,19,27H,3-6,26H2,1-2H3,(H,32,33). The lowest BCUT2D eigenvalue weighted by Gasteiger charge is -2.32. The smallest absolute Gasteiger partial charge is 0.450 e. The fourth-order valence-corrected chi connectivity index (χ4v) is 4.80. The Morgan fingerprint density at radius 1 is 1.24 bits per heavy atom. The molecule has 4 rings (SSSR count). The number of nitrogens with one attached hydrogen (secondary N) is 1. The van der Waals surface area contributed by atoms with Crippen molar-refractivity contribution >= 4 is 34.0 Å². The van der Waals surface area contributed by atoms with Crippen molar-refractivity contribution in [2.75, 3.05) is 24.2 Å². The number of nitrogens with two attached hydrogens (primary N) is 1. The van der Waals surface area contributed by atoms with E-state index in [1.54, 1.807) is 4.57 Å². The molecule has 2 fully saturated rings. The molecule has 1 aliphatic carbocycles. The van der Waals surface area contributed by atoms with Gasteiger partial charge in [-0.15, -0.1) is 0 Å². The van der Waals surface area contributed by atoms with Gasteiger partial charge in [0, 0.05) is 24.3 Å². The van der Waals surface area contributed by atoms with Crippen LogP contribution in [0.5, 0.6) is 0 Å². The van der Waals surface area contributed by atoms with Crippen LogP contribution in [-0.2, 0) is 4.79 Å². The minimum atomic E-state index is -5.04. The first-order valence-corrected chi connectivity index (χ1v) is 10.3. The van der Waals surface area contributed by atoms with E-state index >= 15 is 4.39 Å². The van der Waals surface area contributed by atoms with E-state index in [2.05, 4.69) is 5.32 Å². The monoisotopic (exact) mass is 470 g/mol. The van der Waals surface area contributed by atoms with Gasteiger partial charge in [0.2, 0.25) is 11.2 Å². The average molecular weight is 470 g/mol. The molecule has 0 spiro atoms. The van der Waals surface area contributed by atoms with Crippen LogP contribution >= 0.6 is 0 Å². The van der Waals surface area contributed by atoms with Crippen LogP contribution in [-0.4, -0.2) is 47.4 Å². The summed E-state index contributed by atoms with van der Waals surface area (Å²) in [7, 11) is 1.37. The molecule has 1 aromatic carbocycles. The van der Waals surface area contributed by atoms with Gasteiger partial charge in [0.1, 0.15) is 5.56 Å². The van der Waals surface area contributed by atoms with Crippen molar-refractivity contribution in [3.63, 3.8) is 0 Å². The largest absolute Gasteiger partial charge is 0.477 e. The van der Waals surface area contributed by atoms with E-state index in [0.717, 1.165) is 0 Å². The molecule has 33 heavy (non-hydrogen) atoms. The molecular weight excluding hydrogens is 448 g/mol. The zero-order valence-corrected chi connectivity index (χ0v) is 17.8. The molecule has 2 heterocycles. The highest BCUT2D eigenvalue weighted by Crippen LogP contribution is 2.44. The molecule has 8 nitrogen and oxygen atoms in total. The quantitative estimate of drug-likeness (QED) is 0.454. The van der Waals surface area contributed by atoms with E-state index < -0.39 is 52.5 Å². The average Bonchev–Trinajstić information content (AvgIpc) is 3.50. The number of fused-ring (bicyclic) bond motifs is 1. The number of Topliss-reactive ketones (excluding diaryl/α,β-unsaturated/α-hetero) is 1. The van der Waals surface area contributed by atoms with Gasteiger partial charge in [0.05, 0.1) is 34.4 Å². The molecule has 2 aromatic rings. The molecule has 2 unspecified atom stereocenters. The van der Waals surface area contributed by atoms with Crippen LogP contribution in [0, 0.1) is 18.7 Å². The highest BCUT2D eigenvalue weighted by atomic mass is 19.4. The number of carboxylic acid groups (broad SMARTS) is 1. The number of anilines is 2. The number of nitrogens with zero attached hydrogens (tertiary/aromatic N) is 2. The number of rotatable bonds is 5. The van der Waals surface area contributed by atoms with Crippen molar-refractivity contribution in [1.29, 1.82) is 0 Å². The number of ketones is 1. The second kappa shape index (κ2) is 7.72. The Morgan fingerprint density at radius 3 is 2.39 bits per heavy atom. The van der Waals surface area contributed by atoms with Gasteiger partial charge < -0.3 is 20.3 Å². The summed E-state index contributed by atoms with van der Waals surface area (Å²) in [5.41, 5.74) is 4.29. The van der Waals surface area contributed by atoms with E-state index in [-0.39, 0.29) is 41.2 Å². The van der Waals surface area contributed by atoms with Gasteiger partial charge in [-0.05, 0) is 33.2 Å². The third kappa shape index (κ3) is 3.52. The first-order valence-electron chi connectivity index (χ1n) is 10.3. The summed E-state index contributed by atoms with van der Waals surface area (Å²) in [5, 5.41) is 11.8. The third-order valence-corrected chi connectivity index (χ3v) is 6.43. The lowest BCUT2D eigenvalue weighted by Crippen LogP contribution is -2.48. The molecule has 12 heteroatoms. The van der Waals surface area contributed by atoms with Crippen molar-refractivity contribution in [2.24, 2.45) is 5.92 Å². The SMILES string of the molecule is CNC1C(C(=O)C(F)(F)F)CCN1c1c(F)c(N)c2c(=O)c(C(=O)O)cn(C3CC3)c2c1C. The predicted molar refractivity (Wildman–Crippen MR) is 112 cm³/mol. The molecule has 0 bridgehead atoms. The molecule has 178 valence electrons. The first-order chi connectivity index (χ1) is 15.4. The second-order valence-electron chi connectivity index (χ2n) is 8.42. The summed E-state index contributed by atoms with van der Waals surface area (Å²) in [6.07, 6.45) is -3.71. The minimum Gasteiger partial charge on any atom is -0.477 e. The van der Waals surface area contributed by atoms with Gasteiger partial charge in [-0.3, -0.25) is 14.9 Å². The van der Waals surface area contributed by atoms with Crippen LogP contribution in [0.2, 0.25) is 0 Å². The molecule has 1 aromatic heterocycles. The number of carbonyl (C=O) groups is 2. The minimum absolute atomic E-state index is 0.0540. The number of aromatic carboxylic acids is 1. The number of alkyl halides is 3. The topological polar surface area (TPSA) is 118 Å². The van der Waals surface area contributed by atoms with E-state index in [1.807, 2.05) is 0 Å². The van der Waals surface area contributed by atoms with Crippen LogP contribution in [0.3, 0.4) is 0 Å². The Morgan fingerprint density at radius 2 is 1.88 bits per heavy atom. The van der Waals surface area contributed by atoms with Crippen LogP contribution in [0.4, 0.5) is 28.9 Å². The van der Waals surface area contributed by atoms with Gasteiger partial charge >= 0.3 is 12.1 Å². The van der Waals surface area contributed by atoms with Crippen molar-refractivity contribution in [3.8, 4) is 0 Å². The fourth-order valence-electron chi connectivity index (χ4n) is 4.80. The molecule has 0 radical (unpaired) electrons. The number of halogens is 4. The Bertz CT molecular complexity index is 1240. The van der Waals surface area contributed by atoms with Gasteiger partial charge in [-0.1, -0.05) is 0 Å². The zero-order valence-electron chi connectivity index (χ0n) is 17.8. The molecule has 1 saturated heterocycles. The third-order valence-electron chi connectivity index (χ3n) is 6.43. The predicted octanol–water partition coefficient (Wildman–Crippen LogP) is 2.57. The van der Waals surface area contributed by atoms with Crippen LogP contribution < -0.4 is 21.4 Å². The summed E-state index contributed by atoms with van der Waals surface area (Å²) in [4.78, 5) is 37.7. The summed E-state index contributed by atoms with van der Waals surface area (Å²) >= 11 is 0. The summed E-state index contributed by atoms with van der Waals surface area (Å²) < 4.78 is 56.4. The van der Waals surface area contributed by atoms with Gasteiger partial charge in [-0.25, -0.2) is 9.18 Å². The molecule has 4 N–H and O–H groups in total. The normalized spacial score (nSPS) is 21.1. The van der Waals surface area contributed by atoms with E-state index in [9.17, 15) is 32.7 Å². The van der Waals surface area contributed by atoms with Crippen molar-refractivity contribution < 1.29 is 32.3 Å². The Hall–Kier alpha value is -3.15. The van der Waals surface area contributed by atoms with Crippen molar-refractivity contribution in [2.45, 2.75) is 44.6 Å². The zero-order chi connectivity index (χ0) is 24.4.